The average molecular weight is 472 g/mol. The molecule has 5 rings (SSSR count). The first-order valence-corrected chi connectivity index (χ1v) is 11.6. The lowest BCUT2D eigenvalue weighted by atomic mass is 10.2. The maximum atomic E-state index is 13.4. The summed E-state index contributed by atoms with van der Waals surface area (Å²) in [7, 11) is 0. The Bertz CT molecular complexity index is 1670. The van der Waals surface area contributed by atoms with Crippen LogP contribution < -0.4 is 16.6 Å². The van der Waals surface area contributed by atoms with Crippen molar-refractivity contribution >= 4 is 45.3 Å². The summed E-state index contributed by atoms with van der Waals surface area (Å²) in [5, 5.41) is 3.27. The number of fused-ring (bicyclic) bond motifs is 2. The highest BCUT2D eigenvalue weighted by molar-refractivity contribution is 8.00. The van der Waals surface area contributed by atoms with Gasteiger partial charge in [-0.25, -0.2) is 9.78 Å². The number of anilines is 1. The Balaban J connectivity index is 1.50. The number of carbonyl (C=O) groups is 1. The van der Waals surface area contributed by atoms with Crippen LogP contribution >= 0.6 is 11.8 Å². The summed E-state index contributed by atoms with van der Waals surface area (Å²) in [6, 6.07) is 19.9. The van der Waals surface area contributed by atoms with Crippen molar-refractivity contribution in [2.75, 3.05) is 5.32 Å². The second-order valence-corrected chi connectivity index (χ2v) is 9.24. The van der Waals surface area contributed by atoms with Gasteiger partial charge in [-0.3, -0.25) is 14.2 Å². The van der Waals surface area contributed by atoms with E-state index < -0.39 is 5.25 Å². The Morgan fingerprint density at radius 3 is 2.56 bits per heavy atom. The molecule has 1 amide bonds. The number of amides is 1. The molecule has 0 fully saturated rings. The second kappa shape index (κ2) is 8.68. The number of H-pyrrole nitrogens is 2. The summed E-state index contributed by atoms with van der Waals surface area (Å²) < 4.78 is 1.57. The normalized spacial score (nSPS) is 12.2. The predicted molar refractivity (Wildman–Crippen MR) is 135 cm³/mol. The number of aromatic amines is 2. The number of imidazole rings is 1. The van der Waals surface area contributed by atoms with Gasteiger partial charge in [0.2, 0.25) is 5.91 Å². The highest BCUT2D eigenvalue weighted by atomic mass is 32.2. The first-order valence-electron chi connectivity index (χ1n) is 10.7. The molecule has 170 valence electrons. The van der Waals surface area contributed by atoms with Crippen LogP contribution in [0.3, 0.4) is 0 Å². The molecule has 8 nitrogen and oxygen atoms in total. The molecule has 0 aliphatic rings. The van der Waals surface area contributed by atoms with E-state index in [0.29, 0.717) is 32.8 Å². The minimum atomic E-state index is -0.552. The number of nitrogens with one attached hydrogen (secondary N) is 3. The Morgan fingerprint density at radius 2 is 1.74 bits per heavy atom. The van der Waals surface area contributed by atoms with Gasteiger partial charge in [-0.05, 0) is 55.8 Å². The van der Waals surface area contributed by atoms with Crippen molar-refractivity contribution in [3.63, 3.8) is 0 Å². The van der Waals surface area contributed by atoms with Gasteiger partial charge in [0.25, 0.3) is 5.56 Å². The predicted octanol–water partition coefficient (Wildman–Crippen LogP) is 3.98. The smallest absolute Gasteiger partial charge is 0.323 e. The third-order valence-corrected chi connectivity index (χ3v) is 6.59. The van der Waals surface area contributed by atoms with Gasteiger partial charge in [-0.2, -0.15) is 0 Å². The van der Waals surface area contributed by atoms with Gasteiger partial charge in [-0.1, -0.05) is 42.1 Å². The van der Waals surface area contributed by atoms with Crippen LogP contribution in [0, 0.1) is 6.92 Å². The third kappa shape index (κ3) is 4.01. The van der Waals surface area contributed by atoms with Gasteiger partial charge in [0.15, 0.2) is 5.16 Å². The van der Waals surface area contributed by atoms with Crippen LogP contribution in [0.15, 0.2) is 81.5 Å². The fourth-order valence-electron chi connectivity index (χ4n) is 3.78. The van der Waals surface area contributed by atoms with Crippen molar-refractivity contribution < 1.29 is 4.79 Å². The quantitative estimate of drug-likeness (QED) is 0.265. The number of hydrogen-bond acceptors (Lipinski definition) is 5. The zero-order chi connectivity index (χ0) is 23.8. The molecule has 2 heterocycles. The Kier molecular flexibility index (Phi) is 5.54. The van der Waals surface area contributed by atoms with Crippen LogP contribution in [-0.2, 0) is 4.79 Å². The first-order chi connectivity index (χ1) is 16.4. The molecule has 5 aromatic rings. The van der Waals surface area contributed by atoms with Gasteiger partial charge in [0, 0.05) is 5.69 Å². The van der Waals surface area contributed by atoms with Crippen LogP contribution in [0.25, 0.3) is 27.6 Å². The molecule has 0 aliphatic carbocycles. The van der Waals surface area contributed by atoms with Gasteiger partial charge in [0.1, 0.15) is 0 Å². The Morgan fingerprint density at radius 1 is 1.00 bits per heavy atom. The molecule has 2 aromatic heterocycles. The fraction of sp³-hybridized carbons (Fsp3) is 0.120. The highest BCUT2D eigenvalue weighted by Gasteiger charge is 2.21. The zero-order valence-corrected chi connectivity index (χ0v) is 19.3. The lowest BCUT2D eigenvalue weighted by Crippen LogP contribution is -2.26. The summed E-state index contributed by atoms with van der Waals surface area (Å²) in [6.45, 7) is 3.70. The van der Waals surface area contributed by atoms with Crippen molar-refractivity contribution in [1.29, 1.82) is 0 Å². The van der Waals surface area contributed by atoms with Gasteiger partial charge in [-0.15, -0.1) is 0 Å². The van der Waals surface area contributed by atoms with E-state index in [0.717, 1.165) is 11.3 Å². The Labute approximate surface area is 198 Å². The van der Waals surface area contributed by atoms with Crippen LogP contribution in [0.2, 0.25) is 0 Å². The SMILES string of the molecule is Cc1ccccc1-n1c(SC(C)C(=O)Nc2ccc3[nH]c(=O)[nH]c3c2)nc2ccccc2c1=O. The van der Waals surface area contributed by atoms with E-state index in [1.54, 1.807) is 41.8 Å². The van der Waals surface area contributed by atoms with Crippen molar-refractivity contribution in [2.24, 2.45) is 0 Å². The molecule has 34 heavy (non-hydrogen) atoms. The molecule has 1 atom stereocenters. The minimum Gasteiger partial charge on any atom is -0.325 e. The van der Waals surface area contributed by atoms with E-state index in [2.05, 4.69) is 15.3 Å². The topological polar surface area (TPSA) is 113 Å². The summed E-state index contributed by atoms with van der Waals surface area (Å²) in [5.74, 6) is -0.249. The summed E-state index contributed by atoms with van der Waals surface area (Å²) in [5.41, 5.74) is 3.56. The molecule has 3 aromatic carbocycles. The lowest BCUT2D eigenvalue weighted by molar-refractivity contribution is -0.115. The number of nitrogens with zero attached hydrogens (tertiary/aromatic N) is 2. The number of aromatic nitrogens is 4. The average Bonchev–Trinajstić information content (AvgIpc) is 3.19. The fourth-order valence-corrected chi connectivity index (χ4v) is 4.70. The molecule has 0 bridgehead atoms. The standard InChI is InChI=1S/C25H21N5O3S/c1-14-7-3-6-10-21(14)30-23(32)17-8-4-5-9-18(17)29-25(30)34-15(2)22(31)26-16-11-12-19-20(13-16)28-24(33)27-19/h3-13,15H,1-2H3,(H,26,31)(H2,27,28,33). The lowest BCUT2D eigenvalue weighted by Gasteiger charge is -2.17. The molecule has 0 saturated heterocycles. The van der Waals surface area contributed by atoms with E-state index in [4.69, 9.17) is 4.98 Å². The van der Waals surface area contributed by atoms with Crippen molar-refractivity contribution in [3.05, 3.63) is 93.1 Å². The van der Waals surface area contributed by atoms with Gasteiger partial charge >= 0.3 is 5.69 Å². The van der Waals surface area contributed by atoms with Crippen LogP contribution in [0.5, 0.6) is 0 Å². The number of rotatable bonds is 5. The maximum absolute atomic E-state index is 13.4. The van der Waals surface area contributed by atoms with E-state index in [9.17, 15) is 14.4 Å². The Hall–Kier alpha value is -4.11. The molecule has 1 unspecified atom stereocenters. The molecule has 0 saturated carbocycles. The molecule has 9 heteroatoms. The molecule has 0 spiro atoms. The molecule has 0 aliphatic heterocycles. The maximum Gasteiger partial charge on any atom is 0.323 e. The summed E-state index contributed by atoms with van der Waals surface area (Å²) >= 11 is 1.21. The number of carbonyl (C=O) groups excluding carboxylic acids is 1. The number of hydrogen-bond donors (Lipinski definition) is 3. The number of para-hydroxylation sites is 2. The monoisotopic (exact) mass is 471 g/mol. The van der Waals surface area contributed by atoms with Gasteiger partial charge < -0.3 is 15.3 Å². The minimum absolute atomic E-state index is 0.183. The van der Waals surface area contributed by atoms with Crippen LogP contribution in [0.4, 0.5) is 5.69 Å². The van der Waals surface area contributed by atoms with Gasteiger partial charge in [0.05, 0.1) is 32.9 Å². The van der Waals surface area contributed by atoms with Crippen molar-refractivity contribution in [1.82, 2.24) is 19.5 Å². The molecule has 0 radical (unpaired) electrons. The van der Waals surface area contributed by atoms with E-state index in [1.807, 2.05) is 43.3 Å². The first kappa shape index (κ1) is 21.7. The molecular formula is C25H21N5O3S. The van der Waals surface area contributed by atoms with Crippen LogP contribution in [0.1, 0.15) is 12.5 Å². The van der Waals surface area contributed by atoms with Crippen LogP contribution in [-0.4, -0.2) is 30.7 Å². The second-order valence-electron chi connectivity index (χ2n) is 7.93. The highest BCUT2D eigenvalue weighted by Crippen LogP contribution is 2.27. The van der Waals surface area contributed by atoms with Crippen molar-refractivity contribution in [2.45, 2.75) is 24.3 Å². The third-order valence-electron chi connectivity index (χ3n) is 5.54. The zero-order valence-electron chi connectivity index (χ0n) is 18.5. The van der Waals surface area contributed by atoms with E-state index in [1.165, 1.54) is 11.8 Å². The number of thioether (sulfide) groups is 1. The number of benzene rings is 3. The molecular weight excluding hydrogens is 450 g/mol. The van der Waals surface area contributed by atoms with E-state index in [-0.39, 0.29) is 17.2 Å². The molecule has 3 N–H and O–H groups in total. The van der Waals surface area contributed by atoms with E-state index >= 15 is 0 Å². The largest absolute Gasteiger partial charge is 0.325 e. The summed E-state index contributed by atoms with van der Waals surface area (Å²) in [6.07, 6.45) is 0. The van der Waals surface area contributed by atoms with Crippen molar-refractivity contribution in [3.8, 4) is 5.69 Å². The summed E-state index contributed by atoms with van der Waals surface area (Å²) in [4.78, 5) is 48.0. The number of aryl methyl sites for hydroxylation is 1.